The van der Waals surface area contributed by atoms with Gasteiger partial charge in [-0.05, 0) is 13.0 Å². The second-order valence-corrected chi connectivity index (χ2v) is 5.16. The minimum absolute atomic E-state index is 0.107. The summed E-state index contributed by atoms with van der Waals surface area (Å²) in [6.45, 7) is 1.23. The number of carbonyl (C=O) groups is 1. The van der Waals surface area contributed by atoms with Gasteiger partial charge in [-0.3, -0.25) is 4.79 Å². The van der Waals surface area contributed by atoms with Crippen LogP contribution >= 0.6 is 0 Å². The number of fused-ring (bicyclic) bond motifs is 1. The summed E-state index contributed by atoms with van der Waals surface area (Å²) in [5, 5.41) is 8.69. The molecule has 1 aromatic carbocycles. The number of benzene rings is 1. The van der Waals surface area contributed by atoms with Crippen molar-refractivity contribution >= 4 is 16.9 Å². The first kappa shape index (κ1) is 13.7. The van der Waals surface area contributed by atoms with E-state index in [4.69, 9.17) is 5.11 Å². The molecule has 21 heavy (non-hydrogen) atoms. The van der Waals surface area contributed by atoms with Crippen LogP contribution in [0.5, 0.6) is 0 Å². The van der Waals surface area contributed by atoms with Gasteiger partial charge in [0.15, 0.2) is 17.4 Å². The highest BCUT2D eigenvalue weighted by atomic mass is 19.2. The van der Waals surface area contributed by atoms with Crippen molar-refractivity contribution in [3.05, 3.63) is 45.2 Å². The number of carboxylic acid groups (broad SMARTS) is 1. The van der Waals surface area contributed by atoms with Gasteiger partial charge >= 0.3 is 5.97 Å². The summed E-state index contributed by atoms with van der Waals surface area (Å²) in [5.41, 5.74) is -1.95. The number of pyridine rings is 1. The molecule has 0 unspecified atom stereocenters. The second-order valence-electron chi connectivity index (χ2n) is 5.16. The highest BCUT2D eigenvalue weighted by Crippen LogP contribution is 2.46. The fourth-order valence-electron chi connectivity index (χ4n) is 2.44. The fraction of sp³-hybridized carbons (Fsp3) is 0.286. The zero-order valence-electron chi connectivity index (χ0n) is 10.9. The van der Waals surface area contributed by atoms with Crippen molar-refractivity contribution in [3.63, 3.8) is 0 Å². The van der Waals surface area contributed by atoms with Gasteiger partial charge in [0.05, 0.1) is 10.9 Å². The lowest BCUT2D eigenvalue weighted by Crippen LogP contribution is -2.23. The number of aromatic carboxylic acids is 1. The highest BCUT2D eigenvalue weighted by molar-refractivity contribution is 5.93. The average Bonchev–Trinajstić information content (AvgIpc) is 3.16. The van der Waals surface area contributed by atoms with Crippen LogP contribution in [0.4, 0.5) is 13.2 Å². The molecule has 0 atom stereocenters. The normalized spacial score (nSPS) is 16.2. The summed E-state index contributed by atoms with van der Waals surface area (Å²) < 4.78 is 42.5. The van der Waals surface area contributed by atoms with Crippen LogP contribution in [-0.2, 0) is 5.79 Å². The molecule has 0 bridgehead atoms. The molecular formula is C14H10F3NO3. The molecule has 0 amide bonds. The molecular weight excluding hydrogens is 287 g/mol. The SMILES string of the molecule is Cc1c(F)c(F)cc2c(=O)c(C(=O)O)cn(C3(F)CC3)c12. The third kappa shape index (κ3) is 1.84. The standard InChI is InChI=1S/C14H10F3NO3/c1-6-10(16)9(15)4-7-11(6)18(14(17)2-3-14)5-8(12(7)19)13(20)21/h4-5H,2-3H2,1H3,(H,20,21). The molecule has 1 saturated carbocycles. The van der Waals surface area contributed by atoms with Gasteiger partial charge in [-0.2, -0.15) is 0 Å². The van der Waals surface area contributed by atoms with E-state index in [-0.39, 0.29) is 29.3 Å². The number of aryl methyl sites for hydroxylation is 1. The Morgan fingerprint density at radius 2 is 2.00 bits per heavy atom. The number of rotatable bonds is 2. The maximum absolute atomic E-state index is 14.4. The quantitative estimate of drug-likeness (QED) is 0.927. The Morgan fingerprint density at radius 3 is 2.52 bits per heavy atom. The molecule has 2 aromatic rings. The van der Waals surface area contributed by atoms with Crippen LogP contribution in [0, 0.1) is 18.6 Å². The molecule has 3 rings (SSSR count). The molecule has 0 radical (unpaired) electrons. The summed E-state index contributed by atoms with van der Waals surface area (Å²) >= 11 is 0. The van der Waals surface area contributed by atoms with E-state index in [1.165, 1.54) is 6.92 Å². The average molecular weight is 297 g/mol. The van der Waals surface area contributed by atoms with Crippen molar-refractivity contribution in [3.8, 4) is 0 Å². The van der Waals surface area contributed by atoms with Crippen molar-refractivity contribution in [1.29, 1.82) is 0 Å². The van der Waals surface area contributed by atoms with E-state index in [0.29, 0.717) is 6.07 Å². The Bertz CT molecular complexity index is 853. The van der Waals surface area contributed by atoms with E-state index in [1.807, 2.05) is 0 Å². The third-order valence-electron chi connectivity index (χ3n) is 3.73. The maximum atomic E-state index is 14.4. The van der Waals surface area contributed by atoms with Gasteiger partial charge in [-0.15, -0.1) is 0 Å². The predicted molar refractivity (Wildman–Crippen MR) is 68.1 cm³/mol. The van der Waals surface area contributed by atoms with Crippen molar-refractivity contribution in [2.75, 3.05) is 0 Å². The van der Waals surface area contributed by atoms with Crippen molar-refractivity contribution < 1.29 is 23.1 Å². The number of hydrogen-bond donors (Lipinski definition) is 1. The van der Waals surface area contributed by atoms with Gasteiger partial charge in [0.2, 0.25) is 5.43 Å². The molecule has 1 N–H and O–H groups in total. The Labute approximate surface area is 116 Å². The number of aromatic nitrogens is 1. The van der Waals surface area contributed by atoms with Gasteiger partial charge < -0.3 is 9.67 Å². The first-order valence-electron chi connectivity index (χ1n) is 6.23. The summed E-state index contributed by atoms with van der Waals surface area (Å²) in [7, 11) is 0. The smallest absolute Gasteiger partial charge is 0.341 e. The molecule has 0 saturated heterocycles. The monoisotopic (exact) mass is 297 g/mol. The van der Waals surface area contributed by atoms with E-state index < -0.39 is 34.4 Å². The zero-order valence-corrected chi connectivity index (χ0v) is 10.9. The summed E-state index contributed by atoms with van der Waals surface area (Å²) in [6, 6.07) is 0.620. The number of nitrogens with zero attached hydrogens (tertiary/aromatic N) is 1. The Balaban J connectivity index is 2.55. The molecule has 0 aliphatic heterocycles. The molecule has 7 heteroatoms. The van der Waals surface area contributed by atoms with E-state index in [0.717, 1.165) is 10.8 Å². The lowest BCUT2D eigenvalue weighted by Gasteiger charge is -2.18. The third-order valence-corrected chi connectivity index (χ3v) is 3.73. The van der Waals surface area contributed by atoms with Crippen LogP contribution in [0.25, 0.3) is 10.9 Å². The summed E-state index contributed by atoms with van der Waals surface area (Å²) in [6.07, 6.45) is 1.12. The van der Waals surface area contributed by atoms with Gasteiger partial charge in [-0.1, -0.05) is 0 Å². The molecule has 1 aliphatic carbocycles. The van der Waals surface area contributed by atoms with Gasteiger partial charge in [0.1, 0.15) is 5.56 Å². The largest absolute Gasteiger partial charge is 0.477 e. The second kappa shape index (κ2) is 4.09. The summed E-state index contributed by atoms with van der Waals surface area (Å²) in [4.78, 5) is 23.2. The minimum atomic E-state index is -1.86. The predicted octanol–water partition coefficient (Wildman–Crippen LogP) is 2.70. The number of alkyl halides is 1. The van der Waals surface area contributed by atoms with Crippen LogP contribution in [0.15, 0.2) is 17.1 Å². The zero-order chi connectivity index (χ0) is 15.5. The molecule has 1 aromatic heterocycles. The lowest BCUT2D eigenvalue weighted by molar-refractivity contribution is 0.0694. The Morgan fingerprint density at radius 1 is 1.38 bits per heavy atom. The first-order chi connectivity index (χ1) is 9.76. The molecule has 110 valence electrons. The number of carboxylic acids is 1. The molecule has 1 aliphatic rings. The van der Waals surface area contributed by atoms with E-state index in [9.17, 15) is 22.8 Å². The fourth-order valence-corrected chi connectivity index (χ4v) is 2.44. The lowest BCUT2D eigenvalue weighted by atomic mass is 10.1. The van der Waals surface area contributed by atoms with E-state index in [1.54, 1.807) is 0 Å². The number of halogens is 3. The van der Waals surface area contributed by atoms with Gasteiger partial charge in [0.25, 0.3) is 0 Å². The number of hydrogen-bond acceptors (Lipinski definition) is 2. The highest BCUT2D eigenvalue weighted by Gasteiger charge is 2.46. The van der Waals surface area contributed by atoms with Gasteiger partial charge in [0, 0.05) is 24.6 Å². The van der Waals surface area contributed by atoms with E-state index in [2.05, 4.69) is 0 Å². The topological polar surface area (TPSA) is 59.3 Å². The van der Waals surface area contributed by atoms with Crippen LogP contribution < -0.4 is 5.43 Å². The molecule has 1 fully saturated rings. The van der Waals surface area contributed by atoms with Crippen molar-refractivity contribution in [2.45, 2.75) is 25.6 Å². The van der Waals surface area contributed by atoms with Crippen molar-refractivity contribution in [2.24, 2.45) is 0 Å². The maximum Gasteiger partial charge on any atom is 0.341 e. The van der Waals surface area contributed by atoms with Crippen LogP contribution in [0.3, 0.4) is 0 Å². The molecule has 0 spiro atoms. The van der Waals surface area contributed by atoms with Crippen LogP contribution in [0.2, 0.25) is 0 Å². The van der Waals surface area contributed by atoms with E-state index >= 15 is 0 Å². The Kier molecular flexibility index (Phi) is 2.66. The van der Waals surface area contributed by atoms with Crippen LogP contribution in [-0.4, -0.2) is 15.6 Å². The van der Waals surface area contributed by atoms with Crippen LogP contribution in [0.1, 0.15) is 28.8 Å². The summed E-state index contributed by atoms with van der Waals surface area (Å²) in [5.74, 6) is -5.84. The van der Waals surface area contributed by atoms with Gasteiger partial charge in [-0.25, -0.2) is 18.0 Å². The molecule has 1 heterocycles. The Hall–Kier alpha value is -2.31. The first-order valence-corrected chi connectivity index (χ1v) is 6.23. The minimum Gasteiger partial charge on any atom is -0.477 e. The van der Waals surface area contributed by atoms with Crippen molar-refractivity contribution in [1.82, 2.24) is 4.57 Å². The molecule has 4 nitrogen and oxygen atoms in total.